The molecule has 1 aromatic carbocycles. The predicted molar refractivity (Wildman–Crippen MR) is 117 cm³/mol. The number of nitrogens with zero attached hydrogens (tertiary/aromatic N) is 4. The first kappa shape index (κ1) is 23.6. The molecule has 1 N–H and O–H groups in total. The molecule has 1 amide bonds. The molecule has 0 saturated carbocycles. The van der Waals surface area contributed by atoms with Crippen molar-refractivity contribution in [1.29, 1.82) is 0 Å². The van der Waals surface area contributed by atoms with Gasteiger partial charge in [-0.3, -0.25) is 9.78 Å². The third kappa shape index (κ3) is 5.05. The van der Waals surface area contributed by atoms with E-state index in [4.69, 9.17) is 4.74 Å². The maximum Gasteiger partial charge on any atom is 0.273 e. The summed E-state index contributed by atoms with van der Waals surface area (Å²) in [6, 6.07) is 4.10. The summed E-state index contributed by atoms with van der Waals surface area (Å²) in [5, 5.41) is 9.66. The van der Waals surface area contributed by atoms with Crippen LogP contribution in [-0.4, -0.2) is 77.5 Å². The van der Waals surface area contributed by atoms with Gasteiger partial charge in [0.2, 0.25) is 10.0 Å². The first-order valence-corrected chi connectivity index (χ1v) is 12.0. The van der Waals surface area contributed by atoms with Crippen LogP contribution < -0.4 is 4.74 Å². The van der Waals surface area contributed by atoms with Crippen molar-refractivity contribution in [3.05, 3.63) is 47.0 Å². The fourth-order valence-corrected chi connectivity index (χ4v) is 5.54. The third-order valence-corrected chi connectivity index (χ3v) is 7.72. The molecule has 9 nitrogen and oxygen atoms in total. The van der Waals surface area contributed by atoms with E-state index in [1.165, 1.54) is 33.9 Å². The molecule has 0 fully saturated rings. The topological polar surface area (TPSA) is 113 Å². The van der Waals surface area contributed by atoms with Gasteiger partial charge in [0.05, 0.1) is 19.3 Å². The number of aromatic nitrogens is 2. The van der Waals surface area contributed by atoms with E-state index in [0.717, 1.165) is 0 Å². The molecule has 11 heteroatoms. The maximum atomic E-state index is 13.3. The summed E-state index contributed by atoms with van der Waals surface area (Å²) in [7, 11) is -2.25. The van der Waals surface area contributed by atoms with Gasteiger partial charge < -0.3 is 14.7 Å². The molecule has 3 rings (SSSR count). The molecule has 1 aliphatic heterocycles. The molecule has 2 aromatic rings. The van der Waals surface area contributed by atoms with Gasteiger partial charge in [0, 0.05) is 42.4 Å². The standard InChI is InChI=1S/C20H25BrN4O5S/c1-13-10-25(14(2)12-26)31(28,29)19-5-4-15(21)8-17(19)30-18(13)11-24(3)20(27)16-9-22-6-7-23-16/h4-9,13-14,18,26H,10-12H2,1-3H3/t13-,14-,18+/m0/s1. The minimum atomic E-state index is -3.89. The van der Waals surface area contributed by atoms with Crippen LogP contribution in [0.3, 0.4) is 0 Å². The number of likely N-dealkylation sites (N-methyl/N-ethyl adjacent to an activating group) is 1. The highest BCUT2D eigenvalue weighted by molar-refractivity contribution is 9.10. The summed E-state index contributed by atoms with van der Waals surface area (Å²) >= 11 is 3.36. The van der Waals surface area contributed by atoms with Crippen LogP contribution in [0.15, 0.2) is 46.2 Å². The first-order chi connectivity index (χ1) is 14.6. The van der Waals surface area contributed by atoms with Crippen molar-refractivity contribution >= 4 is 31.9 Å². The number of aliphatic hydroxyl groups excluding tert-OH is 1. The summed E-state index contributed by atoms with van der Waals surface area (Å²) in [6.45, 7) is 3.56. The van der Waals surface area contributed by atoms with Gasteiger partial charge in [-0.2, -0.15) is 4.31 Å². The summed E-state index contributed by atoms with van der Waals surface area (Å²) in [5.41, 5.74) is 0.213. The monoisotopic (exact) mass is 512 g/mol. The van der Waals surface area contributed by atoms with Gasteiger partial charge in [0.25, 0.3) is 5.91 Å². The van der Waals surface area contributed by atoms with E-state index in [1.807, 2.05) is 6.92 Å². The Morgan fingerprint density at radius 1 is 1.42 bits per heavy atom. The van der Waals surface area contributed by atoms with Crippen molar-refractivity contribution in [1.82, 2.24) is 19.2 Å². The highest BCUT2D eigenvalue weighted by Crippen LogP contribution is 2.35. The van der Waals surface area contributed by atoms with Crippen LogP contribution in [0.5, 0.6) is 5.75 Å². The number of ether oxygens (including phenoxy) is 1. The van der Waals surface area contributed by atoms with Gasteiger partial charge in [-0.05, 0) is 25.1 Å². The largest absolute Gasteiger partial charge is 0.487 e. The number of hydrogen-bond donors (Lipinski definition) is 1. The molecule has 3 atom stereocenters. The van der Waals surface area contributed by atoms with E-state index in [2.05, 4.69) is 25.9 Å². The second-order valence-corrected chi connectivity index (χ2v) is 10.4. The van der Waals surface area contributed by atoms with Crippen molar-refractivity contribution in [2.24, 2.45) is 5.92 Å². The second-order valence-electron chi connectivity index (χ2n) is 7.61. The van der Waals surface area contributed by atoms with Gasteiger partial charge in [-0.25, -0.2) is 13.4 Å². The Labute approximate surface area is 190 Å². The number of halogens is 1. The van der Waals surface area contributed by atoms with Crippen molar-refractivity contribution in [2.45, 2.75) is 30.9 Å². The fraction of sp³-hybridized carbons (Fsp3) is 0.450. The minimum Gasteiger partial charge on any atom is -0.487 e. The smallest absolute Gasteiger partial charge is 0.273 e. The predicted octanol–water partition coefficient (Wildman–Crippen LogP) is 1.78. The molecule has 0 saturated heterocycles. The van der Waals surface area contributed by atoms with E-state index >= 15 is 0 Å². The lowest BCUT2D eigenvalue weighted by molar-refractivity contribution is 0.0559. The number of fused-ring (bicyclic) bond motifs is 1. The molecule has 0 spiro atoms. The van der Waals surface area contributed by atoms with Crippen LogP contribution in [0.2, 0.25) is 0 Å². The maximum absolute atomic E-state index is 13.3. The Balaban J connectivity index is 1.96. The van der Waals surface area contributed by atoms with E-state index in [9.17, 15) is 18.3 Å². The fourth-order valence-electron chi connectivity index (χ4n) is 3.38. The lowest BCUT2D eigenvalue weighted by atomic mass is 10.0. The zero-order valence-corrected chi connectivity index (χ0v) is 19.9. The zero-order valence-electron chi connectivity index (χ0n) is 17.5. The molecule has 1 aliphatic rings. The van der Waals surface area contributed by atoms with Crippen molar-refractivity contribution < 1.29 is 23.1 Å². The van der Waals surface area contributed by atoms with Gasteiger partial charge in [-0.15, -0.1) is 0 Å². The highest BCUT2D eigenvalue weighted by atomic mass is 79.9. The van der Waals surface area contributed by atoms with E-state index < -0.39 is 22.2 Å². The number of amides is 1. The molecular weight excluding hydrogens is 488 g/mol. The average Bonchev–Trinajstić information content (AvgIpc) is 2.75. The van der Waals surface area contributed by atoms with Crippen LogP contribution in [0, 0.1) is 5.92 Å². The molecule has 0 aliphatic carbocycles. The first-order valence-electron chi connectivity index (χ1n) is 9.75. The number of carbonyl (C=O) groups is 1. The summed E-state index contributed by atoms with van der Waals surface area (Å²) in [6.07, 6.45) is 3.83. The summed E-state index contributed by atoms with van der Waals surface area (Å²) < 4.78 is 34.7. The number of benzene rings is 1. The Hall–Kier alpha value is -2.08. The average molecular weight is 513 g/mol. The molecule has 31 heavy (non-hydrogen) atoms. The number of hydrogen-bond acceptors (Lipinski definition) is 7. The van der Waals surface area contributed by atoms with E-state index in [0.29, 0.717) is 4.47 Å². The normalized spacial score (nSPS) is 21.8. The second kappa shape index (κ2) is 9.60. The lowest BCUT2D eigenvalue weighted by Gasteiger charge is -2.37. The van der Waals surface area contributed by atoms with Crippen LogP contribution in [-0.2, 0) is 10.0 Å². The van der Waals surface area contributed by atoms with Crippen LogP contribution >= 0.6 is 15.9 Å². The van der Waals surface area contributed by atoms with Gasteiger partial charge in [-0.1, -0.05) is 22.9 Å². The van der Waals surface area contributed by atoms with E-state index in [1.54, 1.807) is 26.1 Å². The van der Waals surface area contributed by atoms with Crippen molar-refractivity contribution in [2.75, 3.05) is 26.7 Å². The zero-order chi connectivity index (χ0) is 22.8. The SMILES string of the molecule is C[C@H]1CN([C@@H](C)CO)S(=O)(=O)c2ccc(Br)cc2O[C@@H]1CN(C)C(=O)c1cnccn1. The Morgan fingerprint density at radius 3 is 2.81 bits per heavy atom. The number of carbonyl (C=O) groups excluding carboxylic acids is 1. The Kier molecular flexibility index (Phi) is 7.30. The lowest BCUT2D eigenvalue weighted by Crippen LogP contribution is -2.50. The number of rotatable bonds is 5. The molecule has 0 radical (unpaired) electrons. The summed E-state index contributed by atoms with van der Waals surface area (Å²) in [5.74, 6) is -0.386. The molecular formula is C20H25BrN4O5S. The minimum absolute atomic E-state index is 0.0239. The number of aliphatic hydroxyl groups is 1. The van der Waals surface area contributed by atoms with Gasteiger partial charge >= 0.3 is 0 Å². The van der Waals surface area contributed by atoms with Crippen LogP contribution in [0.25, 0.3) is 0 Å². The highest BCUT2D eigenvalue weighted by Gasteiger charge is 2.38. The molecule has 0 unspecified atom stereocenters. The van der Waals surface area contributed by atoms with Gasteiger partial charge in [0.15, 0.2) is 0 Å². The molecule has 2 heterocycles. The van der Waals surface area contributed by atoms with E-state index in [-0.39, 0.29) is 47.9 Å². The molecule has 168 valence electrons. The Morgan fingerprint density at radius 2 is 2.16 bits per heavy atom. The summed E-state index contributed by atoms with van der Waals surface area (Å²) in [4.78, 5) is 22.2. The molecule has 1 aromatic heterocycles. The quantitative estimate of drug-likeness (QED) is 0.649. The molecule has 0 bridgehead atoms. The van der Waals surface area contributed by atoms with Gasteiger partial charge in [0.1, 0.15) is 22.4 Å². The Bertz CT molecular complexity index is 1040. The number of sulfonamides is 1. The van der Waals surface area contributed by atoms with Crippen LogP contribution in [0.1, 0.15) is 24.3 Å². The van der Waals surface area contributed by atoms with Crippen molar-refractivity contribution in [3.63, 3.8) is 0 Å². The third-order valence-electron chi connectivity index (χ3n) is 5.21. The van der Waals surface area contributed by atoms with Crippen molar-refractivity contribution in [3.8, 4) is 5.75 Å². The van der Waals surface area contributed by atoms with Crippen LogP contribution in [0.4, 0.5) is 0 Å².